The molecule has 2 aromatic heterocycles. The highest BCUT2D eigenvalue weighted by atomic mass is 16.3. The van der Waals surface area contributed by atoms with E-state index in [0.29, 0.717) is 22.9 Å². The van der Waals surface area contributed by atoms with Crippen LogP contribution in [0.5, 0.6) is 0 Å². The summed E-state index contributed by atoms with van der Waals surface area (Å²) in [6, 6.07) is 23.9. The average molecular weight is 424 g/mol. The van der Waals surface area contributed by atoms with Crippen LogP contribution in [0.25, 0.3) is 23.1 Å². The Balaban J connectivity index is 1.62. The van der Waals surface area contributed by atoms with Crippen LogP contribution in [0.2, 0.25) is 0 Å². The Morgan fingerprint density at radius 3 is 2.34 bits per heavy atom. The first kappa shape index (κ1) is 20.7. The van der Waals surface area contributed by atoms with Gasteiger partial charge in [-0.1, -0.05) is 48.5 Å². The Morgan fingerprint density at radius 1 is 1.03 bits per heavy atom. The van der Waals surface area contributed by atoms with E-state index in [4.69, 9.17) is 4.42 Å². The summed E-state index contributed by atoms with van der Waals surface area (Å²) in [6.45, 7) is 1.73. The summed E-state index contributed by atoms with van der Waals surface area (Å²) < 4.78 is 8.87. The minimum atomic E-state index is -0.684. The van der Waals surface area contributed by atoms with Gasteiger partial charge in [0.25, 0.3) is 11.5 Å². The third kappa shape index (κ3) is 3.89. The van der Waals surface area contributed by atoms with E-state index >= 15 is 0 Å². The lowest BCUT2D eigenvalue weighted by Gasteiger charge is -2.07. The number of aromatic nitrogens is 2. The topological polar surface area (TPSA) is 93.0 Å². The molecular weight excluding hydrogens is 404 g/mol. The number of benzene rings is 2. The van der Waals surface area contributed by atoms with Crippen LogP contribution in [0.4, 0.5) is 5.69 Å². The lowest BCUT2D eigenvalue weighted by molar-refractivity contribution is -0.112. The highest BCUT2D eigenvalue weighted by Crippen LogP contribution is 2.23. The minimum absolute atomic E-state index is 0.118. The summed E-state index contributed by atoms with van der Waals surface area (Å²) >= 11 is 0. The van der Waals surface area contributed by atoms with Crippen molar-refractivity contribution in [3.63, 3.8) is 0 Å². The summed E-state index contributed by atoms with van der Waals surface area (Å²) in [5.41, 5.74) is 1.68. The van der Waals surface area contributed by atoms with Gasteiger partial charge in [-0.2, -0.15) is 5.26 Å². The molecule has 32 heavy (non-hydrogen) atoms. The predicted molar refractivity (Wildman–Crippen MR) is 122 cm³/mol. The highest BCUT2D eigenvalue weighted by Gasteiger charge is 2.20. The molecule has 0 atom stereocenters. The molecule has 4 aromatic rings. The van der Waals surface area contributed by atoms with Crippen molar-refractivity contribution < 1.29 is 9.21 Å². The van der Waals surface area contributed by atoms with Crippen LogP contribution in [0.15, 0.2) is 87.6 Å². The Bertz CT molecular complexity index is 1400. The zero-order valence-electron chi connectivity index (χ0n) is 17.6. The number of carbonyl (C=O) groups excluding carboxylic acids is 1. The van der Waals surface area contributed by atoms with Crippen molar-refractivity contribution in [3.05, 3.63) is 100 Å². The number of nitriles is 1. The molecule has 0 aliphatic carbocycles. The van der Waals surface area contributed by atoms with Gasteiger partial charge < -0.3 is 9.73 Å². The smallest absolute Gasteiger partial charge is 0.295 e. The van der Waals surface area contributed by atoms with Crippen molar-refractivity contribution in [2.24, 2.45) is 7.05 Å². The molecule has 1 amide bonds. The van der Waals surface area contributed by atoms with E-state index in [1.165, 1.54) is 10.8 Å². The van der Waals surface area contributed by atoms with Crippen molar-refractivity contribution in [2.45, 2.75) is 6.92 Å². The van der Waals surface area contributed by atoms with E-state index in [-0.39, 0.29) is 16.8 Å². The number of amides is 1. The van der Waals surface area contributed by atoms with Gasteiger partial charge in [0.2, 0.25) is 0 Å². The maximum atomic E-state index is 13.0. The van der Waals surface area contributed by atoms with E-state index in [1.54, 1.807) is 42.9 Å². The van der Waals surface area contributed by atoms with Gasteiger partial charge in [-0.05, 0) is 31.2 Å². The standard InChI is InChI=1S/C25H20N4O3/c1-17-23(25(31)29(28(17)2)20-11-7-4-8-12-20)27-24(30)19(16-26)15-21-13-14-22(32-21)18-9-5-3-6-10-18/h3-15H,1-2H3,(H,27,30)/b19-15+. The lowest BCUT2D eigenvalue weighted by Crippen LogP contribution is -2.23. The maximum Gasteiger partial charge on any atom is 0.295 e. The van der Waals surface area contributed by atoms with Crippen molar-refractivity contribution in [3.8, 4) is 23.1 Å². The molecule has 1 N–H and O–H groups in total. The first-order valence-electron chi connectivity index (χ1n) is 9.92. The first-order valence-corrected chi connectivity index (χ1v) is 9.92. The number of nitrogens with zero attached hydrogens (tertiary/aromatic N) is 3. The van der Waals surface area contributed by atoms with Crippen LogP contribution < -0.4 is 10.9 Å². The third-order valence-electron chi connectivity index (χ3n) is 5.13. The fourth-order valence-electron chi connectivity index (χ4n) is 3.37. The highest BCUT2D eigenvalue weighted by molar-refractivity contribution is 6.09. The minimum Gasteiger partial charge on any atom is -0.457 e. The number of anilines is 1. The van der Waals surface area contributed by atoms with Crippen LogP contribution in [0.1, 0.15) is 11.5 Å². The van der Waals surface area contributed by atoms with Gasteiger partial charge in [0.05, 0.1) is 11.4 Å². The summed E-state index contributed by atoms with van der Waals surface area (Å²) in [5, 5.41) is 12.1. The summed E-state index contributed by atoms with van der Waals surface area (Å²) in [7, 11) is 1.73. The van der Waals surface area contributed by atoms with Crippen molar-refractivity contribution >= 4 is 17.7 Å². The Hall–Kier alpha value is -4.57. The molecule has 0 fully saturated rings. The number of para-hydroxylation sites is 1. The second-order valence-corrected chi connectivity index (χ2v) is 7.13. The summed E-state index contributed by atoms with van der Waals surface area (Å²) in [6.07, 6.45) is 1.36. The molecule has 7 nitrogen and oxygen atoms in total. The normalized spacial score (nSPS) is 11.2. The SMILES string of the molecule is Cc1c(NC(=O)/C(C#N)=C/c2ccc(-c3ccccc3)o2)c(=O)n(-c2ccccc2)n1C. The molecule has 4 rings (SSSR count). The van der Waals surface area contributed by atoms with Crippen LogP contribution in [0.3, 0.4) is 0 Å². The van der Waals surface area contributed by atoms with E-state index < -0.39 is 5.91 Å². The summed E-state index contributed by atoms with van der Waals surface area (Å²) in [5.74, 6) is 0.303. The predicted octanol–water partition coefficient (Wildman–Crippen LogP) is 4.29. The molecule has 0 saturated heterocycles. The molecule has 2 aromatic carbocycles. The monoisotopic (exact) mass is 424 g/mol. The number of hydrogen-bond donors (Lipinski definition) is 1. The number of nitrogens with one attached hydrogen (secondary N) is 1. The van der Waals surface area contributed by atoms with Gasteiger partial charge in [0.15, 0.2) is 0 Å². The quantitative estimate of drug-likeness (QED) is 0.382. The molecule has 0 radical (unpaired) electrons. The second-order valence-electron chi connectivity index (χ2n) is 7.13. The van der Waals surface area contributed by atoms with Gasteiger partial charge in [0.1, 0.15) is 28.9 Å². The third-order valence-corrected chi connectivity index (χ3v) is 5.13. The van der Waals surface area contributed by atoms with Crippen LogP contribution in [-0.2, 0) is 11.8 Å². The molecular formula is C25H20N4O3. The Labute approximate surface area is 184 Å². The van der Waals surface area contributed by atoms with Crippen molar-refractivity contribution in [2.75, 3.05) is 5.32 Å². The van der Waals surface area contributed by atoms with Crippen LogP contribution in [0, 0.1) is 18.3 Å². The largest absolute Gasteiger partial charge is 0.457 e. The van der Waals surface area contributed by atoms with Crippen molar-refractivity contribution in [1.82, 2.24) is 9.36 Å². The van der Waals surface area contributed by atoms with Crippen LogP contribution >= 0.6 is 0 Å². The van der Waals surface area contributed by atoms with E-state index in [2.05, 4.69) is 5.32 Å². The molecule has 158 valence electrons. The summed E-state index contributed by atoms with van der Waals surface area (Å²) in [4.78, 5) is 25.8. The zero-order valence-corrected chi connectivity index (χ0v) is 17.6. The van der Waals surface area contributed by atoms with E-state index in [1.807, 2.05) is 54.6 Å². The van der Waals surface area contributed by atoms with E-state index in [0.717, 1.165) is 5.56 Å². The van der Waals surface area contributed by atoms with Gasteiger partial charge in [-0.3, -0.25) is 14.3 Å². The first-order chi connectivity index (χ1) is 15.5. The fraction of sp³-hybridized carbons (Fsp3) is 0.0800. The number of furan rings is 1. The molecule has 0 saturated carbocycles. The average Bonchev–Trinajstić information content (AvgIpc) is 3.37. The number of hydrogen-bond acceptors (Lipinski definition) is 4. The van der Waals surface area contributed by atoms with Gasteiger partial charge in [0, 0.05) is 18.7 Å². The molecule has 0 aliphatic rings. The van der Waals surface area contributed by atoms with E-state index in [9.17, 15) is 14.9 Å². The van der Waals surface area contributed by atoms with Crippen LogP contribution in [-0.4, -0.2) is 15.3 Å². The molecule has 0 unspecified atom stereocenters. The second kappa shape index (κ2) is 8.66. The molecule has 0 spiro atoms. The van der Waals surface area contributed by atoms with Gasteiger partial charge >= 0.3 is 0 Å². The zero-order chi connectivity index (χ0) is 22.7. The molecule has 7 heteroatoms. The number of rotatable bonds is 5. The number of carbonyl (C=O) groups is 1. The maximum absolute atomic E-state index is 13.0. The van der Waals surface area contributed by atoms with Crippen molar-refractivity contribution in [1.29, 1.82) is 5.26 Å². The Morgan fingerprint density at radius 2 is 1.69 bits per heavy atom. The Kier molecular flexibility index (Phi) is 5.60. The van der Waals surface area contributed by atoms with Gasteiger partial charge in [-0.25, -0.2) is 4.68 Å². The molecule has 0 aliphatic heterocycles. The fourth-order valence-corrected chi connectivity index (χ4v) is 3.37. The van der Waals surface area contributed by atoms with Gasteiger partial charge in [-0.15, -0.1) is 0 Å². The molecule has 0 bridgehead atoms. The molecule has 2 heterocycles. The lowest BCUT2D eigenvalue weighted by atomic mass is 10.2.